The quantitative estimate of drug-likeness (QED) is 0.559. The van der Waals surface area contributed by atoms with E-state index in [0.29, 0.717) is 33.0 Å². The summed E-state index contributed by atoms with van der Waals surface area (Å²) >= 11 is 0. The first kappa shape index (κ1) is 13.4. The zero-order valence-corrected chi connectivity index (χ0v) is 9.30. The fourth-order valence-corrected chi connectivity index (χ4v) is 1.72. The van der Waals surface area contributed by atoms with Gasteiger partial charge in [0.05, 0.1) is 39.5 Å². The van der Waals surface area contributed by atoms with E-state index in [9.17, 15) is 4.79 Å². The molecule has 0 aromatic heterocycles. The molecule has 1 saturated heterocycles. The zero-order chi connectivity index (χ0) is 11.8. The first-order chi connectivity index (χ1) is 7.74. The van der Waals surface area contributed by atoms with E-state index in [1.807, 2.05) is 0 Å². The third-order valence-corrected chi connectivity index (χ3v) is 2.52. The van der Waals surface area contributed by atoms with Crippen LogP contribution >= 0.6 is 0 Å². The van der Waals surface area contributed by atoms with Crippen molar-refractivity contribution in [2.45, 2.75) is 12.5 Å². The molecule has 16 heavy (non-hydrogen) atoms. The fraction of sp³-hybridized carbons (Fsp3) is 0.900. The van der Waals surface area contributed by atoms with Crippen molar-refractivity contribution in [3.05, 3.63) is 0 Å². The maximum absolute atomic E-state index is 10.6. The van der Waals surface area contributed by atoms with Crippen molar-refractivity contribution in [1.29, 1.82) is 0 Å². The van der Waals surface area contributed by atoms with E-state index >= 15 is 0 Å². The summed E-state index contributed by atoms with van der Waals surface area (Å²) in [5, 5.41) is 17.3. The monoisotopic (exact) mass is 233 g/mol. The number of morpholine rings is 1. The highest BCUT2D eigenvalue weighted by Gasteiger charge is 2.24. The van der Waals surface area contributed by atoms with Crippen LogP contribution in [0, 0.1) is 0 Å². The van der Waals surface area contributed by atoms with Crippen LogP contribution in [0.3, 0.4) is 0 Å². The van der Waals surface area contributed by atoms with Crippen molar-refractivity contribution >= 4 is 5.97 Å². The fourth-order valence-electron chi connectivity index (χ4n) is 1.72. The second-order valence-corrected chi connectivity index (χ2v) is 3.70. The molecule has 0 radical (unpaired) electrons. The van der Waals surface area contributed by atoms with E-state index in [1.54, 1.807) is 0 Å². The van der Waals surface area contributed by atoms with Crippen LogP contribution in [0.2, 0.25) is 0 Å². The Kier molecular flexibility index (Phi) is 6.32. The molecule has 0 spiro atoms. The number of carboxylic acid groups (broad SMARTS) is 1. The maximum Gasteiger partial charge on any atom is 0.305 e. The van der Waals surface area contributed by atoms with Crippen molar-refractivity contribution in [1.82, 2.24) is 4.90 Å². The van der Waals surface area contributed by atoms with Gasteiger partial charge >= 0.3 is 5.97 Å². The van der Waals surface area contributed by atoms with E-state index in [0.717, 1.165) is 6.54 Å². The van der Waals surface area contributed by atoms with Crippen molar-refractivity contribution < 1.29 is 24.5 Å². The van der Waals surface area contributed by atoms with Gasteiger partial charge in [0.2, 0.25) is 0 Å². The van der Waals surface area contributed by atoms with Gasteiger partial charge in [-0.25, -0.2) is 0 Å². The van der Waals surface area contributed by atoms with Crippen molar-refractivity contribution in [3.63, 3.8) is 0 Å². The Morgan fingerprint density at radius 3 is 3.00 bits per heavy atom. The highest BCUT2D eigenvalue weighted by molar-refractivity contribution is 5.67. The Hall–Kier alpha value is -0.690. The van der Waals surface area contributed by atoms with E-state index in [-0.39, 0.29) is 19.1 Å². The molecule has 1 fully saturated rings. The summed E-state index contributed by atoms with van der Waals surface area (Å²) in [4.78, 5) is 12.7. The Labute approximate surface area is 94.8 Å². The summed E-state index contributed by atoms with van der Waals surface area (Å²) in [6.45, 7) is 3.37. The molecule has 0 aliphatic carbocycles. The summed E-state index contributed by atoms with van der Waals surface area (Å²) in [6, 6.07) is -0.0658. The van der Waals surface area contributed by atoms with Crippen LogP contribution in [-0.4, -0.2) is 73.2 Å². The number of hydrogen-bond donors (Lipinski definition) is 2. The van der Waals surface area contributed by atoms with Gasteiger partial charge in [-0.05, 0) is 0 Å². The normalized spacial score (nSPS) is 22.2. The lowest BCUT2D eigenvalue weighted by atomic mass is 10.1. The Morgan fingerprint density at radius 1 is 1.50 bits per heavy atom. The number of rotatable bonds is 7. The number of carbonyl (C=O) groups is 1. The predicted molar refractivity (Wildman–Crippen MR) is 56.3 cm³/mol. The molecule has 2 N–H and O–H groups in total. The molecule has 0 saturated carbocycles. The van der Waals surface area contributed by atoms with Gasteiger partial charge in [0.1, 0.15) is 0 Å². The second-order valence-electron chi connectivity index (χ2n) is 3.70. The van der Waals surface area contributed by atoms with Gasteiger partial charge in [0.15, 0.2) is 0 Å². The van der Waals surface area contributed by atoms with Gasteiger partial charge in [0.25, 0.3) is 0 Å². The number of ether oxygens (including phenoxy) is 2. The molecule has 1 heterocycles. The molecule has 0 amide bonds. The van der Waals surface area contributed by atoms with Gasteiger partial charge < -0.3 is 19.7 Å². The van der Waals surface area contributed by atoms with Crippen LogP contribution in [0.15, 0.2) is 0 Å². The Bertz CT molecular complexity index is 211. The molecule has 1 unspecified atom stereocenters. The molecule has 6 nitrogen and oxygen atoms in total. The average Bonchev–Trinajstić information content (AvgIpc) is 2.26. The highest BCUT2D eigenvalue weighted by Crippen LogP contribution is 2.10. The highest BCUT2D eigenvalue weighted by atomic mass is 16.5. The van der Waals surface area contributed by atoms with E-state index < -0.39 is 5.97 Å². The SMILES string of the molecule is O=C(O)CC1COCCN1CCOCCO. The lowest BCUT2D eigenvalue weighted by Crippen LogP contribution is -2.47. The summed E-state index contributed by atoms with van der Waals surface area (Å²) in [5.74, 6) is -0.809. The molecule has 1 rings (SSSR count). The maximum atomic E-state index is 10.6. The van der Waals surface area contributed by atoms with Crippen LogP contribution in [-0.2, 0) is 14.3 Å². The van der Waals surface area contributed by atoms with Crippen LogP contribution in [0.4, 0.5) is 0 Å². The van der Waals surface area contributed by atoms with Gasteiger partial charge in [-0.2, -0.15) is 0 Å². The first-order valence-corrected chi connectivity index (χ1v) is 5.46. The van der Waals surface area contributed by atoms with Crippen molar-refractivity contribution in [3.8, 4) is 0 Å². The van der Waals surface area contributed by atoms with Gasteiger partial charge in [0, 0.05) is 19.1 Å². The van der Waals surface area contributed by atoms with Crippen LogP contribution in [0.5, 0.6) is 0 Å². The number of carboxylic acids is 1. The number of hydrogen-bond acceptors (Lipinski definition) is 5. The lowest BCUT2D eigenvalue weighted by Gasteiger charge is -2.34. The largest absolute Gasteiger partial charge is 0.481 e. The lowest BCUT2D eigenvalue weighted by molar-refractivity contribution is -0.140. The van der Waals surface area contributed by atoms with E-state index in [2.05, 4.69) is 4.90 Å². The van der Waals surface area contributed by atoms with Crippen LogP contribution in [0.25, 0.3) is 0 Å². The molecule has 1 aliphatic heterocycles. The molecular weight excluding hydrogens is 214 g/mol. The number of aliphatic hydroxyl groups excluding tert-OH is 1. The smallest absolute Gasteiger partial charge is 0.305 e. The zero-order valence-electron chi connectivity index (χ0n) is 9.30. The third-order valence-electron chi connectivity index (χ3n) is 2.52. The summed E-state index contributed by atoms with van der Waals surface area (Å²) in [7, 11) is 0. The molecule has 1 aliphatic rings. The van der Waals surface area contributed by atoms with Gasteiger partial charge in [-0.1, -0.05) is 0 Å². The number of nitrogens with zero attached hydrogens (tertiary/aromatic N) is 1. The van der Waals surface area contributed by atoms with Gasteiger partial charge in [-0.15, -0.1) is 0 Å². The van der Waals surface area contributed by atoms with Crippen LogP contribution < -0.4 is 0 Å². The number of aliphatic carboxylic acids is 1. The molecule has 6 heteroatoms. The topological polar surface area (TPSA) is 79.2 Å². The molecule has 0 aromatic rings. The minimum atomic E-state index is -0.809. The minimum absolute atomic E-state index is 0.0155. The minimum Gasteiger partial charge on any atom is -0.481 e. The molecule has 0 bridgehead atoms. The summed E-state index contributed by atoms with van der Waals surface area (Å²) in [5.41, 5.74) is 0. The van der Waals surface area contributed by atoms with E-state index in [4.69, 9.17) is 19.7 Å². The predicted octanol–water partition coefficient (Wildman–Crippen LogP) is -0.829. The van der Waals surface area contributed by atoms with E-state index in [1.165, 1.54) is 0 Å². The standard InChI is InChI=1S/C10H19NO5/c12-3-6-15-4-1-11-2-5-16-8-9(11)7-10(13)14/h9,12H,1-8H2,(H,13,14). The average molecular weight is 233 g/mol. The van der Waals surface area contributed by atoms with Crippen molar-refractivity contribution in [2.75, 3.05) is 46.1 Å². The second kappa shape index (κ2) is 7.56. The first-order valence-electron chi connectivity index (χ1n) is 5.46. The molecule has 1 atom stereocenters. The molecular formula is C10H19NO5. The third kappa shape index (κ3) is 4.89. The Balaban J connectivity index is 2.26. The molecule has 94 valence electrons. The van der Waals surface area contributed by atoms with Crippen LogP contribution in [0.1, 0.15) is 6.42 Å². The summed E-state index contributed by atoms with van der Waals surface area (Å²) in [6.07, 6.45) is 0.0972. The Morgan fingerprint density at radius 2 is 2.31 bits per heavy atom. The summed E-state index contributed by atoms with van der Waals surface area (Å²) < 4.78 is 10.4. The number of aliphatic hydroxyl groups is 1. The molecule has 0 aromatic carbocycles. The van der Waals surface area contributed by atoms with Crippen molar-refractivity contribution in [2.24, 2.45) is 0 Å². The van der Waals surface area contributed by atoms with Gasteiger partial charge in [-0.3, -0.25) is 9.69 Å².